The lowest BCUT2D eigenvalue weighted by atomic mass is 9.94. The van der Waals surface area contributed by atoms with Gasteiger partial charge < -0.3 is 9.64 Å². The number of piperazine rings is 1. The summed E-state index contributed by atoms with van der Waals surface area (Å²) in [5.74, 6) is 0.694. The lowest BCUT2D eigenvalue weighted by Gasteiger charge is -2.37. The average Bonchev–Trinajstić information content (AvgIpc) is 2.65. The van der Waals surface area contributed by atoms with Crippen LogP contribution in [0.2, 0.25) is 0 Å². The molecule has 3 rings (SSSR count). The number of sulfonamides is 1. The van der Waals surface area contributed by atoms with Crippen LogP contribution in [0.25, 0.3) is 10.8 Å². The third-order valence-corrected chi connectivity index (χ3v) is 6.81. The van der Waals surface area contributed by atoms with Gasteiger partial charge in [0.25, 0.3) is 0 Å². The van der Waals surface area contributed by atoms with Crippen LogP contribution < -0.4 is 4.74 Å². The van der Waals surface area contributed by atoms with E-state index in [1.54, 1.807) is 30.2 Å². The lowest BCUT2D eigenvalue weighted by Crippen LogP contribution is -2.52. The van der Waals surface area contributed by atoms with E-state index in [1.165, 1.54) is 4.31 Å². The van der Waals surface area contributed by atoms with Gasteiger partial charge in [-0.25, -0.2) is 8.42 Å². The minimum atomic E-state index is -3.66. The molecule has 27 heavy (non-hydrogen) atoms. The fourth-order valence-corrected chi connectivity index (χ4v) is 5.01. The number of ether oxygens (including phenoxy) is 1. The Kier molecular flexibility index (Phi) is 5.18. The highest BCUT2D eigenvalue weighted by atomic mass is 32.2. The minimum Gasteiger partial charge on any atom is -0.496 e. The Labute approximate surface area is 160 Å². The normalized spacial score (nSPS) is 16.5. The molecule has 0 spiro atoms. The third-order valence-electron chi connectivity index (χ3n) is 4.85. The molecule has 2 aromatic rings. The van der Waals surface area contributed by atoms with E-state index < -0.39 is 15.4 Å². The van der Waals surface area contributed by atoms with Crippen molar-refractivity contribution in [2.75, 3.05) is 33.3 Å². The zero-order valence-electron chi connectivity index (χ0n) is 16.2. The summed E-state index contributed by atoms with van der Waals surface area (Å²) < 4.78 is 33.3. The molecule has 1 heterocycles. The molecule has 0 N–H and O–H groups in total. The van der Waals surface area contributed by atoms with E-state index in [0.717, 1.165) is 5.39 Å². The molecule has 1 aliphatic heterocycles. The van der Waals surface area contributed by atoms with Crippen molar-refractivity contribution in [2.24, 2.45) is 5.41 Å². The Morgan fingerprint density at radius 3 is 2.11 bits per heavy atom. The quantitative estimate of drug-likeness (QED) is 0.808. The van der Waals surface area contributed by atoms with Gasteiger partial charge in [-0.2, -0.15) is 4.31 Å². The van der Waals surface area contributed by atoms with Gasteiger partial charge in [0.05, 0.1) is 12.0 Å². The van der Waals surface area contributed by atoms with Crippen molar-refractivity contribution in [3.63, 3.8) is 0 Å². The maximum Gasteiger partial charge on any atom is 0.243 e. The van der Waals surface area contributed by atoms with E-state index in [2.05, 4.69) is 0 Å². The molecule has 0 unspecified atom stereocenters. The summed E-state index contributed by atoms with van der Waals surface area (Å²) in [6.07, 6.45) is 0. The molecule has 1 fully saturated rings. The van der Waals surface area contributed by atoms with Gasteiger partial charge in [0, 0.05) is 42.4 Å². The molecule has 1 aliphatic rings. The van der Waals surface area contributed by atoms with Crippen molar-refractivity contribution < 1.29 is 17.9 Å². The highest BCUT2D eigenvalue weighted by Crippen LogP contribution is 2.32. The maximum atomic E-state index is 13.3. The highest BCUT2D eigenvalue weighted by molar-refractivity contribution is 7.89. The second-order valence-electron chi connectivity index (χ2n) is 7.76. The highest BCUT2D eigenvalue weighted by Gasteiger charge is 2.34. The molecule has 0 radical (unpaired) electrons. The number of amides is 1. The number of carbonyl (C=O) groups is 1. The summed E-state index contributed by atoms with van der Waals surface area (Å²) in [4.78, 5) is 14.5. The molecule has 1 saturated heterocycles. The first-order chi connectivity index (χ1) is 12.7. The number of rotatable bonds is 3. The standard InChI is InChI=1S/C20H26N2O4S/c1-20(2,3)19(23)21-11-13-22(14-12-21)27(24,25)18-10-9-17(26-4)15-7-5-6-8-16(15)18/h5-10H,11-14H2,1-4H3. The zero-order valence-corrected chi connectivity index (χ0v) is 17.0. The fourth-order valence-electron chi connectivity index (χ4n) is 3.39. The summed E-state index contributed by atoms with van der Waals surface area (Å²) in [7, 11) is -2.09. The Balaban J connectivity index is 1.89. The summed E-state index contributed by atoms with van der Waals surface area (Å²) in [6, 6.07) is 10.6. The van der Waals surface area contributed by atoms with Gasteiger partial charge in [-0.15, -0.1) is 0 Å². The predicted octanol–water partition coefficient (Wildman–Crippen LogP) is 2.73. The number of fused-ring (bicyclic) bond motifs is 1. The average molecular weight is 391 g/mol. The van der Waals surface area contributed by atoms with Gasteiger partial charge >= 0.3 is 0 Å². The lowest BCUT2D eigenvalue weighted by molar-refractivity contribution is -0.140. The van der Waals surface area contributed by atoms with Crippen LogP contribution in [0.5, 0.6) is 5.75 Å². The summed E-state index contributed by atoms with van der Waals surface area (Å²) in [5, 5.41) is 1.41. The van der Waals surface area contributed by atoms with Crippen molar-refractivity contribution in [3.05, 3.63) is 36.4 Å². The van der Waals surface area contributed by atoms with Gasteiger partial charge in [-0.05, 0) is 12.1 Å². The number of benzene rings is 2. The van der Waals surface area contributed by atoms with Crippen LogP contribution in [0.1, 0.15) is 20.8 Å². The van der Waals surface area contributed by atoms with Gasteiger partial charge in [0.2, 0.25) is 15.9 Å². The van der Waals surface area contributed by atoms with Crippen LogP contribution in [0.4, 0.5) is 0 Å². The second-order valence-corrected chi connectivity index (χ2v) is 9.66. The molecule has 0 atom stereocenters. The molecule has 0 bridgehead atoms. The van der Waals surface area contributed by atoms with Crippen molar-refractivity contribution in [1.29, 1.82) is 0 Å². The van der Waals surface area contributed by atoms with Crippen LogP contribution in [-0.2, 0) is 14.8 Å². The molecule has 146 valence electrons. The molecule has 0 aliphatic carbocycles. The second kappa shape index (κ2) is 7.13. The van der Waals surface area contributed by atoms with Crippen molar-refractivity contribution in [1.82, 2.24) is 9.21 Å². The number of methoxy groups -OCH3 is 1. The summed E-state index contributed by atoms with van der Waals surface area (Å²) in [5.41, 5.74) is -0.465. The Morgan fingerprint density at radius 1 is 0.963 bits per heavy atom. The third kappa shape index (κ3) is 3.66. The molecule has 6 nitrogen and oxygen atoms in total. The number of carbonyl (C=O) groups excluding carboxylic acids is 1. The monoisotopic (exact) mass is 390 g/mol. The largest absolute Gasteiger partial charge is 0.496 e. The van der Waals surface area contributed by atoms with E-state index in [0.29, 0.717) is 37.3 Å². The smallest absolute Gasteiger partial charge is 0.243 e. The number of hydrogen-bond acceptors (Lipinski definition) is 4. The van der Waals surface area contributed by atoms with Gasteiger partial charge in [0.15, 0.2) is 0 Å². The Hall–Kier alpha value is -2.12. The topological polar surface area (TPSA) is 66.9 Å². The SMILES string of the molecule is COc1ccc(S(=O)(=O)N2CCN(C(=O)C(C)(C)C)CC2)c2ccccc12. The molecule has 1 amide bonds. The zero-order chi connectivity index (χ0) is 19.8. The van der Waals surface area contributed by atoms with Crippen LogP contribution in [0, 0.1) is 5.41 Å². The molecule has 0 aromatic heterocycles. The summed E-state index contributed by atoms with van der Waals surface area (Å²) in [6.45, 7) is 7.04. The van der Waals surface area contributed by atoms with E-state index in [4.69, 9.17) is 4.74 Å². The van der Waals surface area contributed by atoms with Crippen molar-refractivity contribution in [2.45, 2.75) is 25.7 Å². The molecule has 2 aromatic carbocycles. The van der Waals surface area contributed by atoms with Crippen LogP contribution in [0.15, 0.2) is 41.3 Å². The van der Waals surface area contributed by atoms with Gasteiger partial charge in [-0.1, -0.05) is 45.0 Å². The van der Waals surface area contributed by atoms with Crippen LogP contribution in [0.3, 0.4) is 0 Å². The maximum absolute atomic E-state index is 13.3. The van der Waals surface area contributed by atoms with Crippen molar-refractivity contribution >= 4 is 26.7 Å². The summed E-state index contributed by atoms with van der Waals surface area (Å²) >= 11 is 0. The first-order valence-electron chi connectivity index (χ1n) is 9.01. The Morgan fingerprint density at radius 2 is 1.56 bits per heavy atom. The number of hydrogen-bond donors (Lipinski definition) is 0. The molecule has 0 saturated carbocycles. The van der Waals surface area contributed by atoms with Gasteiger partial charge in [-0.3, -0.25) is 4.79 Å². The molecular formula is C20H26N2O4S. The fraction of sp³-hybridized carbons (Fsp3) is 0.450. The molecule has 7 heteroatoms. The number of nitrogens with zero attached hydrogens (tertiary/aromatic N) is 2. The van der Waals surface area contributed by atoms with E-state index in [9.17, 15) is 13.2 Å². The molecular weight excluding hydrogens is 364 g/mol. The van der Waals surface area contributed by atoms with E-state index in [-0.39, 0.29) is 10.8 Å². The Bertz CT molecular complexity index is 956. The first-order valence-corrected chi connectivity index (χ1v) is 10.5. The van der Waals surface area contributed by atoms with Crippen molar-refractivity contribution in [3.8, 4) is 5.75 Å². The first kappa shape index (κ1) is 19.6. The minimum absolute atomic E-state index is 0.0504. The van der Waals surface area contributed by atoms with E-state index >= 15 is 0 Å². The van der Waals surface area contributed by atoms with Crippen LogP contribution >= 0.6 is 0 Å². The predicted molar refractivity (Wildman–Crippen MR) is 105 cm³/mol. The van der Waals surface area contributed by atoms with Gasteiger partial charge in [0.1, 0.15) is 5.75 Å². The van der Waals surface area contributed by atoms with Crippen LogP contribution in [-0.4, -0.2) is 56.8 Å². The van der Waals surface area contributed by atoms with E-state index in [1.807, 2.05) is 39.0 Å².